The van der Waals surface area contributed by atoms with E-state index in [9.17, 15) is 4.79 Å². The molecule has 1 amide bonds. The van der Waals surface area contributed by atoms with Gasteiger partial charge in [-0.3, -0.25) is 10.2 Å². The first-order valence-electron chi connectivity index (χ1n) is 8.33. The highest BCUT2D eigenvalue weighted by Crippen LogP contribution is 2.27. The summed E-state index contributed by atoms with van der Waals surface area (Å²) in [7, 11) is 0. The van der Waals surface area contributed by atoms with Gasteiger partial charge in [0.25, 0.3) is 5.91 Å². The zero-order valence-electron chi connectivity index (χ0n) is 14.2. The van der Waals surface area contributed by atoms with Crippen molar-refractivity contribution >= 4 is 21.8 Å². The molecule has 0 aromatic heterocycles. The molecule has 25 heavy (non-hydrogen) atoms. The Bertz CT molecular complexity index is 708. The molecule has 0 radical (unpaired) electrons. The van der Waals surface area contributed by atoms with Gasteiger partial charge in [-0.25, -0.2) is 5.43 Å². The van der Waals surface area contributed by atoms with E-state index >= 15 is 0 Å². The van der Waals surface area contributed by atoms with Crippen LogP contribution in [0.25, 0.3) is 0 Å². The molecule has 6 heteroatoms. The zero-order valence-corrected chi connectivity index (χ0v) is 15.8. The Balaban J connectivity index is 1.66. The van der Waals surface area contributed by atoms with Gasteiger partial charge in [0.05, 0.1) is 0 Å². The largest absolute Gasteiger partial charge is 0.481 e. The maximum Gasteiger partial charge on any atom is 0.262 e. The topological polar surface area (TPSA) is 62.4 Å². The average Bonchev–Trinajstić information content (AvgIpc) is 2.97. The van der Waals surface area contributed by atoms with Crippen LogP contribution in [-0.4, -0.2) is 24.2 Å². The fraction of sp³-hybridized carbons (Fsp3) is 0.316. The minimum atomic E-state index is -0.578. The molecule has 0 bridgehead atoms. The molecular formula is C19H22BrN3O2. The Hall–Kier alpha value is -1.89. The molecule has 0 saturated carbocycles. The Morgan fingerprint density at radius 1 is 1.12 bits per heavy atom. The third kappa shape index (κ3) is 4.39. The van der Waals surface area contributed by atoms with Gasteiger partial charge in [-0.1, -0.05) is 46.3 Å². The smallest absolute Gasteiger partial charge is 0.262 e. The van der Waals surface area contributed by atoms with E-state index in [2.05, 4.69) is 51.2 Å². The fourth-order valence-corrected chi connectivity index (χ4v) is 3.27. The maximum absolute atomic E-state index is 12.5. The summed E-state index contributed by atoms with van der Waals surface area (Å²) in [5.74, 6) is 0.654. The summed E-state index contributed by atoms with van der Waals surface area (Å²) in [6.45, 7) is 3.85. The lowest BCUT2D eigenvalue weighted by molar-refractivity contribution is -0.128. The van der Waals surface area contributed by atoms with Crippen molar-refractivity contribution in [2.45, 2.75) is 38.1 Å². The van der Waals surface area contributed by atoms with Gasteiger partial charge in [0.1, 0.15) is 11.9 Å². The molecule has 1 aliphatic heterocycles. The fourth-order valence-electron chi connectivity index (χ4n) is 3.01. The molecule has 1 fully saturated rings. The normalized spacial score (nSPS) is 23.9. The molecule has 2 aromatic rings. The van der Waals surface area contributed by atoms with Crippen LogP contribution >= 0.6 is 15.9 Å². The predicted octanol–water partition coefficient (Wildman–Crippen LogP) is 2.94. The number of hydrogen-bond donors (Lipinski definition) is 3. The van der Waals surface area contributed by atoms with E-state index in [4.69, 9.17) is 4.74 Å². The van der Waals surface area contributed by atoms with Gasteiger partial charge in [-0.15, -0.1) is 0 Å². The minimum absolute atomic E-state index is 0.126. The van der Waals surface area contributed by atoms with Gasteiger partial charge in [0, 0.05) is 16.4 Å². The number of ether oxygens (including phenoxy) is 1. The summed E-state index contributed by atoms with van der Waals surface area (Å²) in [6.07, 6.45) is -0.781. The first-order valence-corrected chi connectivity index (χ1v) is 9.12. The monoisotopic (exact) mass is 403 g/mol. The second-order valence-electron chi connectivity index (χ2n) is 6.21. The van der Waals surface area contributed by atoms with Crippen LogP contribution in [0, 0.1) is 0 Å². The Morgan fingerprint density at radius 3 is 2.48 bits per heavy atom. The van der Waals surface area contributed by atoms with Crippen LogP contribution < -0.4 is 20.9 Å². The zero-order chi connectivity index (χ0) is 17.8. The van der Waals surface area contributed by atoms with Gasteiger partial charge in [0.2, 0.25) is 0 Å². The van der Waals surface area contributed by atoms with Crippen molar-refractivity contribution < 1.29 is 9.53 Å². The maximum atomic E-state index is 12.5. The number of para-hydroxylation sites is 1. The molecule has 1 heterocycles. The highest BCUT2D eigenvalue weighted by atomic mass is 79.9. The van der Waals surface area contributed by atoms with Gasteiger partial charge in [0.15, 0.2) is 6.10 Å². The van der Waals surface area contributed by atoms with E-state index in [0.717, 1.165) is 10.0 Å². The molecule has 0 aliphatic carbocycles. The molecule has 3 N–H and O–H groups in total. The number of carbonyl (C=O) groups is 1. The lowest BCUT2D eigenvalue weighted by atomic mass is 9.91. The van der Waals surface area contributed by atoms with E-state index < -0.39 is 6.10 Å². The van der Waals surface area contributed by atoms with Crippen LogP contribution in [0.5, 0.6) is 5.75 Å². The summed E-state index contributed by atoms with van der Waals surface area (Å²) < 4.78 is 6.74. The van der Waals surface area contributed by atoms with Crippen LogP contribution in [0.3, 0.4) is 0 Å². The molecule has 2 aromatic carbocycles. The van der Waals surface area contributed by atoms with Crippen molar-refractivity contribution in [3.63, 3.8) is 0 Å². The number of benzene rings is 2. The standard InChI is InChI=1S/C19H22BrN3O2/c1-12-17(14-8-10-15(20)11-9-14)18(23-22-12)21-19(24)13(2)25-16-6-4-3-5-7-16/h3-13,17-18,22-23H,1-2H3,(H,21,24). The first kappa shape index (κ1) is 17.9. The Kier molecular flexibility index (Phi) is 5.73. The van der Waals surface area contributed by atoms with Gasteiger partial charge in [-0.05, 0) is 43.7 Å². The number of nitrogens with one attached hydrogen (secondary N) is 3. The summed E-state index contributed by atoms with van der Waals surface area (Å²) in [5.41, 5.74) is 7.54. The van der Waals surface area contributed by atoms with Crippen molar-refractivity contribution in [1.29, 1.82) is 0 Å². The summed E-state index contributed by atoms with van der Waals surface area (Å²) in [6, 6.07) is 17.7. The number of carbonyl (C=O) groups excluding carboxylic acids is 1. The lowest BCUT2D eigenvalue weighted by Gasteiger charge is -2.24. The lowest BCUT2D eigenvalue weighted by Crippen LogP contribution is -2.50. The highest BCUT2D eigenvalue weighted by molar-refractivity contribution is 9.10. The van der Waals surface area contributed by atoms with E-state index in [1.807, 2.05) is 42.5 Å². The molecule has 132 valence electrons. The van der Waals surface area contributed by atoms with Gasteiger partial charge < -0.3 is 10.1 Å². The van der Waals surface area contributed by atoms with Crippen LogP contribution in [0.1, 0.15) is 25.3 Å². The predicted molar refractivity (Wildman–Crippen MR) is 101 cm³/mol. The SMILES string of the molecule is CC(Oc1ccccc1)C(=O)NC1NNC(C)C1c1ccc(Br)cc1. The highest BCUT2D eigenvalue weighted by Gasteiger charge is 2.36. The second kappa shape index (κ2) is 7.99. The number of rotatable bonds is 5. The third-order valence-electron chi connectivity index (χ3n) is 4.34. The molecule has 4 unspecified atom stereocenters. The van der Waals surface area contributed by atoms with Crippen molar-refractivity contribution in [2.24, 2.45) is 0 Å². The average molecular weight is 404 g/mol. The van der Waals surface area contributed by atoms with Crippen molar-refractivity contribution in [3.05, 3.63) is 64.6 Å². The van der Waals surface area contributed by atoms with E-state index in [1.54, 1.807) is 6.92 Å². The molecule has 1 aliphatic rings. The van der Waals surface area contributed by atoms with Crippen LogP contribution in [0.4, 0.5) is 0 Å². The Morgan fingerprint density at radius 2 is 1.80 bits per heavy atom. The van der Waals surface area contributed by atoms with Gasteiger partial charge in [-0.2, -0.15) is 0 Å². The number of hydrogen-bond acceptors (Lipinski definition) is 4. The van der Waals surface area contributed by atoms with E-state index in [0.29, 0.717) is 5.75 Å². The molecule has 4 atom stereocenters. The van der Waals surface area contributed by atoms with E-state index in [1.165, 1.54) is 0 Å². The molecular weight excluding hydrogens is 382 g/mol. The summed E-state index contributed by atoms with van der Waals surface area (Å²) >= 11 is 3.46. The number of hydrazine groups is 1. The minimum Gasteiger partial charge on any atom is -0.481 e. The number of halogens is 1. The second-order valence-corrected chi connectivity index (χ2v) is 7.13. The summed E-state index contributed by atoms with van der Waals surface area (Å²) in [5, 5.41) is 3.04. The Labute approximate surface area is 156 Å². The van der Waals surface area contributed by atoms with Gasteiger partial charge >= 0.3 is 0 Å². The summed E-state index contributed by atoms with van der Waals surface area (Å²) in [4.78, 5) is 12.5. The quantitative estimate of drug-likeness (QED) is 0.717. The van der Waals surface area contributed by atoms with Crippen LogP contribution in [0.2, 0.25) is 0 Å². The third-order valence-corrected chi connectivity index (χ3v) is 4.87. The number of amides is 1. The van der Waals surface area contributed by atoms with Crippen molar-refractivity contribution in [1.82, 2.24) is 16.2 Å². The van der Waals surface area contributed by atoms with Crippen LogP contribution in [-0.2, 0) is 4.79 Å². The van der Waals surface area contributed by atoms with Crippen molar-refractivity contribution in [3.8, 4) is 5.75 Å². The van der Waals surface area contributed by atoms with E-state index in [-0.39, 0.29) is 24.0 Å². The first-order chi connectivity index (χ1) is 12.0. The van der Waals surface area contributed by atoms with Crippen molar-refractivity contribution in [2.75, 3.05) is 0 Å². The molecule has 0 spiro atoms. The molecule has 1 saturated heterocycles. The molecule has 5 nitrogen and oxygen atoms in total. The molecule has 3 rings (SSSR count). The van der Waals surface area contributed by atoms with Crippen LogP contribution in [0.15, 0.2) is 59.1 Å².